The molecule has 1 fully saturated rings. The van der Waals surface area contributed by atoms with E-state index < -0.39 is 6.04 Å². The Hall–Kier alpha value is -1.44. The Labute approximate surface area is 144 Å². The van der Waals surface area contributed by atoms with Crippen LogP contribution < -0.4 is 5.32 Å². The Morgan fingerprint density at radius 3 is 2.65 bits per heavy atom. The SMILES string of the molecule is C[C@H](NC(=O)Cc1ccccc1Br)C(=O)N(C)CC1OCCO1. The van der Waals surface area contributed by atoms with Crippen LogP contribution in [0.3, 0.4) is 0 Å². The van der Waals surface area contributed by atoms with Gasteiger partial charge in [-0.1, -0.05) is 34.1 Å². The van der Waals surface area contributed by atoms with Crippen LogP contribution in [-0.4, -0.2) is 55.9 Å². The summed E-state index contributed by atoms with van der Waals surface area (Å²) < 4.78 is 11.5. The van der Waals surface area contributed by atoms with E-state index in [-0.39, 0.29) is 24.5 Å². The third-order valence-corrected chi connectivity index (χ3v) is 4.32. The second-order valence-electron chi connectivity index (χ2n) is 5.45. The first-order chi connectivity index (χ1) is 11.0. The molecule has 126 valence electrons. The van der Waals surface area contributed by atoms with E-state index in [1.807, 2.05) is 24.3 Å². The van der Waals surface area contributed by atoms with Gasteiger partial charge in [0.1, 0.15) is 6.04 Å². The molecule has 1 aliphatic heterocycles. The highest BCUT2D eigenvalue weighted by Gasteiger charge is 2.24. The highest BCUT2D eigenvalue weighted by atomic mass is 79.9. The summed E-state index contributed by atoms with van der Waals surface area (Å²) in [5.74, 6) is -0.371. The van der Waals surface area contributed by atoms with Crippen molar-refractivity contribution in [1.29, 1.82) is 0 Å². The highest BCUT2D eigenvalue weighted by molar-refractivity contribution is 9.10. The van der Waals surface area contributed by atoms with Crippen molar-refractivity contribution in [1.82, 2.24) is 10.2 Å². The monoisotopic (exact) mass is 384 g/mol. The molecule has 1 aliphatic rings. The Morgan fingerprint density at radius 1 is 1.35 bits per heavy atom. The summed E-state index contributed by atoms with van der Waals surface area (Å²) in [6, 6.07) is 6.91. The Bertz CT molecular complexity index is 561. The Balaban J connectivity index is 1.82. The summed E-state index contributed by atoms with van der Waals surface area (Å²) in [5, 5.41) is 2.73. The molecule has 1 aromatic carbocycles. The van der Waals surface area contributed by atoms with Gasteiger partial charge in [-0.25, -0.2) is 0 Å². The summed E-state index contributed by atoms with van der Waals surface area (Å²) >= 11 is 3.41. The van der Waals surface area contributed by atoms with Gasteiger partial charge in [-0.3, -0.25) is 9.59 Å². The molecule has 1 atom stereocenters. The van der Waals surface area contributed by atoms with Gasteiger partial charge >= 0.3 is 0 Å². The number of rotatable bonds is 6. The van der Waals surface area contributed by atoms with E-state index in [1.165, 1.54) is 4.90 Å². The highest BCUT2D eigenvalue weighted by Crippen LogP contribution is 2.16. The third kappa shape index (κ3) is 5.30. The van der Waals surface area contributed by atoms with Crippen molar-refractivity contribution in [2.75, 3.05) is 26.8 Å². The summed E-state index contributed by atoms with van der Waals surface area (Å²) in [5.41, 5.74) is 0.880. The van der Waals surface area contributed by atoms with Crippen LogP contribution in [0, 0.1) is 0 Å². The quantitative estimate of drug-likeness (QED) is 0.803. The molecular formula is C16H21BrN2O4. The average Bonchev–Trinajstić information content (AvgIpc) is 3.01. The lowest BCUT2D eigenvalue weighted by atomic mass is 10.1. The molecule has 2 rings (SSSR count). The van der Waals surface area contributed by atoms with Crippen molar-refractivity contribution in [2.24, 2.45) is 0 Å². The Morgan fingerprint density at radius 2 is 2.00 bits per heavy atom. The van der Waals surface area contributed by atoms with Crippen LogP contribution in [0.5, 0.6) is 0 Å². The molecule has 0 saturated carbocycles. The van der Waals surface area contributed by atoms with Gasteiger partial charge in [-0.05, 0) is 18.6 Å². The largest absolute Gasteiger partial charge is 0.348 e. The number of hydrogen-bond acceptors (Lipinski definition) is 4. The minimum Gasteiger partial charge on any atom is -0.348 e. The van der Waals surface area contributed by atoms with Crippen molar-refractivity contribution >= 4 is 27.7 Å². The summed E-state index contributed by atoms with van der Waals surface area (Å²) in [6.07, 6.45) is -0.162. The van der Waals surface area contributed by atoms with Crippen LogP contribution in [0.2, 0.25) is 0 Å². The molecule has 1 N–H and O–H groups in total. The average molecular weight is 385 g/mol. The number of carbonyl (C=O) groups excluding carboxylic acids is 2. The molecule has 1 heterocycles. The Kier molecular flexibility index (Phi) is 6.56. The van der Waals surface area contributed by atoms with Crippen LogP contribution in [0.15, 0.2) is 28.7 Å². The molecule has 1 saturated heterocycles. The topological polar surface area (TPSA) is 67.9 Å². The van der Waals surface area contributed by atoms with Crippen LogP contribution in [0.4, 0.5) is 0 Å². The van der Waals surface area contributed by atoms with Crippen LogP contribution in [-0.2, 0) is 25.5 Å². The van der Waals surface area contributed by atoms with E-state index in [2.05, 4.69) is 21.2 Å². The third-order valence-electron chi connectivity index (χ3n) is 3.55. The standard InChI is InChI=1S/C16H21BrN2O4/c1-11(16(21)19(2)10-15-22-7-8-23-15)18-14(20)9-12-5-3-4-6-13(12)17/h3-6,11,15H,7-10H2,1-2H3,(H,18,20)/t11-/m0/s1. The fraction of sp³-hybridized carbons (Fsp3) is 0.500. The maximum atomic E-state index is 12.3. The van der Waals surface area contributed by atoms with Gasteiger partial charge < -0.3 is 19.7 Å². The fourth-order valence-corrected chi connectivity index (χ4v) is 2.75. The predicted octanol–water partition coefficient (Wildman–Crippen LogP) is 1.33. The lowest BCUT2D eigenvalue weighted by Crippen LogP contribution is -2.47. The smallest absolute Gasteiger partial charge is 0.244 e. The molecule has 0 unspecified atom stereocenters. The maximum absolute atomic E-state index is 12.3. The number of amides is 2. The zero-order valence-corrected chi connectivity index (χ0v) is 14.8. The molecule has 0 radical (unpaired) electrons. The molecular weight excluding hydrogens is 364 g/mol. The van der Waals surface area contributed by atoms with E-state index >= 15 is 0 Å². The lowest BCUT2D eigenvalue weighted by Gasteiger charge is -2.24. The molecule has 0 spiro atoms. The maximum Gasteiger partial charge on any atom is 0.244 e. The van der Waals surface area contributed by atoms with Gasteiger partial charge in [-0.2, -0.15) is 0 Å². The molecule has 6 nitrogen and oxygen atoms in total. The van der Waals surface area contributed by atoms with E-state index in [9.17, 15) is 9.59 Å². The van der Waals surface area contributed by atoms with Crippen molar-refractivity contribution < 1.29 is 19.1 Å². The van der Waals surface area contributed by atoms with Crippen LogP contribution >= 0.6 is 15.9 Å². The molecule has 0 aliphatic carbocycles. The van der Waals surface area contributed by atoms with Crippen molar-refractivity contribution in [2.45, 2.75) is 25.7 Å². The summed E-state index contributed by atoms with van der Waals surface area (Å²) in [4.78, 5) is 25.9. The first-order valence-electron chi connectivity index (χ1n) is 7.48. The first-order valence-corrected chi connectivity index (χ1v) is 8.27. The molecule has 0 bridgehead atoms. The van der Waals surface area contributed by atoms with E-state index in [0.717, 1.165) is 10.0 Å². The first kappa shape index (κ1) is 17.9. The molecule has 23 heavy (non-hydrogen) atoms. The number of nitrogens with zero attached hydrogens (tertiary/aromatic N) is 1. The second-order valence-corrected chi connectivity index (χ2v) is 6.30. The van der Waals surface area contributed by atoms with E-state index in [4.69, 9.17) is 9.47 Å². The normalized spacial score (nSPS) is 16.1. The zero-order chi connectivity index (χ0) is 16.8. The van der Waals surface area contributed by atoms with Crippen molar-refractivity contribution in [3.8, 4) is 0 Å². The molecule has 0 aromatic heterocycles. The molecule has 1 aromatic rings. The van der Waals surface area contributed by atoms with Crippen molar-refractivity contribution in [3.63, 3.8) is 0 Å². The minimum atomic E-state index is -0.601. The summed E-state index contributed by atoms with van der Waals surface area (Å²) in [7, 11) is 1.67. The number of hydrogen-bond donors (Lipinski definition) is 1. The number of ether oxygens (including phenoxy) is 2. The van der Waals surface area contributed by atoms with Gasteiger partial charge in [0.15, 0.2) is 6.29 Å². The van der Waals surface area contributed by atoms with Crippen LogP contribution in [0.25, 0.3) is 0 Å². The number of likely N-dealkylation sites (N-methyl/N-ethyl adjacent to an activating group) is 1. The predicted molar refractivity (Wildman–Crippen MR) is 88.8 cm³/mol. The van der Waals surface area contributed by atoms with Crippen LogP contribution in [0.1, 0.15) is 12.5 Å². The number of benzene rings is 1. The van der Waals surface area contributed by atoms with Gasteiger partial charge in [0.2, 0.25) is 11.8 Å². The van der Waals surface area contributed by atoms with Gasteiger partial charge in [0, 0.05) is 11.5 Å². The van der Waals surface area contributed by atoms with Gasteiger partial charge in [-0.15, -0.1) is 0 Å². The van der Waals surface area contributed by atoms with E-state index in [1.54, 1.807) is 14.0 Å². The van der Waals surface area contributed by atoms with Crippen molar-refractivity contribution in [3.05, 3.63) is 34.3 Å². The number of halogens is 1. The lowest BCUT2D eigenvalue weighted by molar-refractivity contribution is -0.139. The number of carbonyl (C=O) groups is 2. The zero-order valence-electron chi connectivity index (χ0n) is 13.3. The number of nitrogens with one attached hydrogen (secondary N) is 1. The summed E-state index contributed by atoms with van der Waals surface area (Å²) in [6.45, 7) is 3.12. The molecule has 7 heteroatoms. The second kappa shape index (κ2) is 8.42. The molecule has 2 amide bonds. The fourth-order valence-electron chi connectivity index (χ4n) is 2.33. The van der Waals surface area contributed by atoms with Gasteiger partial charge in [0.05, 0.1) is 26.2 Å². The van der Waals surface area contributed by atoms with E-state index in [0.29, 0.717) is 19.8 Å². The van der Waals surface area contributed by atoms with Gasteiger partial charge in [0.25, 0.3) is 0 Å². The minimum absolute atomic E-state index is 0.176.